The number of rotatable bonds is 9. The van der Waals surface area contributed by atoms with Crippen molar-refractivity contribution in [2.45, 2.75) is 33.6 Å². The standard InChI is InChI=1S/C16H26N2O3/c1-4-20-14-9-8-13(11-15(14)21-5-2)18-16(19)12(3)7-6-10-17/h8-9,11-12H,4-7,10,17H2,1-3H3,(H,18,19). The molecule has 0 spiro atoms. The Labute approximate surface area is 126 Å². The molecular weight excluding hydrogens is 268 g/mol. The molecule has 1 atom stereocenters. The molecule has 118 valence electrons. The Morgan fingerprint density at radius 2 is 1.90 bits per heavy atom. The van der Waals surface area contributed by atoms with Crippen LogP contribution in [0, 0.1) is 5.92 Å². The highest BCUT2D eigenvalue weighted by molar-refractivity contribution is 5.92. The Bertz CT molecular complexity index is 449. The van der Waals surface area contributed by atoms with Crippen LogP contribution in [0.5, 0.6) is 11.5 Å². The van der Waals surface area contributed by atoms with Crippen molar-refractivity contribution in [1.82, 2.24) is 0 Å². The molecular formula is C16H26N2O3. The summed E-state index contributed by atoms with van der Waals surface area (Å²) in [5.41, 5.74) is 6.18. The number of hydrogen-bond acceptors (Lipinski definition) is 4. The molecule has 0 aliphatic heterocycles. The maximum atomic E-state index is 12.1. The summed E-state index contributed by atoms with van der Waals surface area (Å²) in [6.07, 6.45) is 1.64. The lowest BCUT2D eigenvalue weighted by Gasteiger charge is -2.15. The van der Waals surface area contributed by atoms with Gasteiger partial charge in [0.1, 0.15) is 0 Å². The van der Waals surface area contributed by atoms with Crippen molar-refractivity contribution < 1.29 is 14.3 Å². The zero-order valence-electron chi connectivity index (χ0n) is 13.1. The third-order valence-electron chi connectivity index (χ3n) is 3.10. The van der Waals surface area contributed by atoms with Crippen LogP contribution >= 0.6 is 0 Å². The van der Waals surface area contributed by atoms with Gasteiger partial charge in [-0.05, 0) is 45.4 Å². The molecule has 0 radical (unpaired) electrons. The van der Waals surface area contributed by atoms with Crippen LogP contribution in [0.4, 0.5) is 5.69 Å². The molecule has 0 bridgehead atoms. The molecule has 0 aromatic heterocycles. The smallest absolute Gasteiger partial charge is 0.227 e. The molecule has 3 N–H and O–H groups in total. The molecule has 0 saturated heterocycles. The normalized spacial score (nSPS) is 11.8. The topological polar surface area (TPSA) is 73.6 Å². The van der Waals surface area contributed by atoms with E-state index in [0.717, 1.165) is 12.8 Å². The third kappa shape index (κ3) is 5.63. The molecule has 21 heavy (non-hydrogen) atoms. The minimum atomic E-state index is -0.0596. The van der Waals surface area contributed by atoms with Crippen molar-refractivity contribution >= 4 is 11.6 Å². The number of hydrogen-bond donors (Lipinski definition) is 2. The summed E-state index contributed by atoms with van der Waals surface area (Å²) < 4.78 is 11.0. The van der Waals surface area contributed by atoms with Gasteiger partial charge in [-0.15, -0.1) is 0 Å². The molecule has 0 aliphatic rings. The van der Waals surface area contributed by atoms with E-state index in [4.69, 9.17) is 15.2 Å². The lowest BCUT2D eigenvalue weighted by Crippen LogP contribution is -2.21. The molecule has 1 amide bonds. The molecule has 5 heteroatoms. The first-order chi connectivity index (χ1) is 10.1. The average Bonchev–Trinajstić information content (AvgIpc) is 2.47. The summed E-state index contributed by atoms with van der Waals surface area (Å²) in [5.74, 6) is 1.27. The second kappa shape index (κ2) is 9.23. The minimum Gasteiger partial charge on any atom is -0.490 e. The van der Waals surface area contributed by atoms with E-state index >= 15 is 0 Å². The monoisotopic (exact) mass is 294 g/mol. The largest absolute Gasteiger partial charge is 0.490 e. The molecule has 0 saturated carbocycles. The first-order valence-electron chi connectivity index (χ1n) is 7.52. The van der Waals surface area contributed by atoms with Gasteiger partial charge >= 0.3 is 0 Å². The highest BCUT2D eigenvalue weighted by atomic mass is 16.5. The van der Waals surface area contributed by atoms with E-state index in [1.807, 2.05) is 32.9 Å². The SMILES string of the molecule is CCOc1ccc(NC(=O)C(C)CCCN)cc1OCC. The van der Waals surface area contributed by atoms with Gasteiger partial charge in [0.25, 0.3) is 0 Å². The van der Waals surface area contributed by atoms with Crippen LogP contribution in [-0.4, -0.2) is 25.7 Å². The molecule has 5 nitrogen and oxygen atoms in total. The van der Waals surface area contributed by atoms with Gasteiger partial charge in [-0.25, -0.2) is 0 Å². The van der Waals surface area contributed by atoms with E-state index in [1.165, 1.54) is 0 Å². The van der Waals surface area contributed by atoms with E-state index < -0.39 is 0 Å². The molecule has 0 aliphatic carbocycles. The number of anilines is 1. The van der Waals surface area contributed by atoms with Gasteiger partial charge in [0, 0.05) is 17.7 Å². The number of carbonyl (C=O) groups excluding carboxylic acids is 1. The molecule has 1 aromatic carbocycles. The van der Waals surface area contributed by atoms with E-state index in [1.54, 1.807) is 6.07 Å². The van der Waals surface area contributed by atoms with Crippen molar-refractivity contribution in [1.29, 1.82) is 0 Å². The number of ether oxygens (including phenoxy) is 2. The summed E-state index contributed by atoms with van der Waals surface area (Å²) in [7, 11) is 0. The van der Waals surface area contributed by atoms with Crippen LogP contribution in [0.2, 0.25) is 0 Å². The van der Waals surface area contributed by atoms with E-state index in [9.17, 15) is 4.79 Å². The number of carbonyl (C=O) groups is 1. The first-order valence-corrected chi connectivity index (χ1v) is 7.52. The summed E-state index contributed by atoms with van der Waals surface area (Å²) in [5, 5.41) is 2.90. The van der Waals surface area contributed by atoms with Gasteiger partial charge in [0.2, 0.25) is 5.91 Å². The van der Waals surface area contributed by atoms with Crippen LogP contribution in [0.1, 0.15) is 33.6 Å². The van der Waals surface area contributed by atoms with Crippen molar-refractivity contribution in [3.8, 4) is 11.5 Å². The van der Waals surface area contributed by atoms with Gasteiger partial charge < -0.3 is 20.5 Å². The third-order valence-corrected chi connectivity index (χ3v) is 3.10. The van der Waals surface area contributed by atoms with Crippen LogP contribution in [0.25, 0.3) is 0 Å². The predicted molar refractivity (Wildman–Crippen MR) is 84.9 cm³/mol. The number of nitrogens with two attached hydrogens (primary N) is 1. The Hall–Kier alpha value is -1.75. The molecule has 0 heterocycles. The lowest BCUT2D eigenvalue weighted by molar-refractivity contribution is -0.119. The zero-order valence-corrected chi connectivity index (χ0v) is 13.1. The fraction of sp³-hybridized carbons (Fsp3) is 0.562. The highest BCUT2D eigenvalue weighted by Gasteiger charge is 2.14. The Balaban J connectivity index is 2.74. The van der Waals surface area contributed by atoms with Gasteiger partial charge in [0.15, 0.2) is 11.5 Å². The van der Waals surface area contributed by atoms with E-state index in [2.05, 4.69) is 5.32 Å². The quantitative estimate of drug-likeness (QED) is 0.734. The average molecular weight is 294 g/mol. The fourth-order valence-corrected chi connectivity index (χ4v) is 1.95. The molecule has 1 unspecified atom stereocenters. The van der Waals surface area contributed by atoms with Gasteiger partial charge in [-0.3, -0.25) is 4.79 Å². The molecule has 1 rings (SSSR count). The van der Waals surface area contributed by atoms with Crippen molar-refractivity contribution in [2.24, 2.45) is 11.7 Å². The number of nitrogens with one attached hydrogen (secondary N) is 1. The first kappa shape index (κ1) is 17.3. The molecule has 1 aromatic rings. The second-order valence-corrected chi connectivity index (χ2v) is 4.85. The maximum absolute atomic E-state index is 12.1. The Kier molecular flexibility index (Phi) is 7.61. The van der Waals surface area contributed by atoms with Crippen molar-refractivity contribution in [3.63, 3.8) is 0 Å². The van der Waals surface area contributed by atoms with Crippen molar-refractivity contribution in [3.05, 3.63) is 18.2 Å². The van der Waals surface area contributed by atoms with E-state index in [0.29, 0.717) is 36.9 Å². The second-order valence-electron chi connectivity index (χ2n) is 4.85. The predicted octanol–water partition coefficient (Wildman–Crippen LogP) is 2.80. The number of amides is 1. The van der Waals surface area contributed by atoms with Crippen LogP contribution in [0.15, 0.2) is 18.2 Å². The van der Waals surface area contributed by atoms with Crippen LogP contribution < -0.4 is 20.5 Å². The van der Waals surface area contributed by atoms with Gasteiger partial charge in [0.05, 0.1) is 13.2 Å². The highest BCUT2D eigenvalue weighted by Crippen LogP contribution is 2.30. The summed E-state index contributed by atoms with van der Waals surface area (Å²) in [6.45, 7) is 7.46. The minimum absolute atomic E-state index is 0.00458. The molecule has 0 fully saturated rings. The van der Waals surface area contributed by atoms with Crippen LogP contribution in [0.3, 0.4) is 0 Å². The van der Waals surface area contributed by atoms with Crippen LogP contribution in [-0.2, 0) is 4.79 Å². The Morgan fingerprint density at radius 3 is 2.52 bits per heavy atom. The van der Waals surface area contributed by atoms with Gasteiger partial charge in [-0.2, -0.15) is 0 Å². The summed E-state index contributed by atoms with van der Waals surface area (Å²) in [4.78, 5) is 12.1. The lowest BCUT2D eigenvalue weighted by atomic mass is 10.0. The fourth-order valence-electron chi connectivity index (χ4n) is 1.95. The maximum Gasteiger partial charge on any atom is 0.227 e. The number of benzene rings is 1. The zero-order chi connectivity index (χ0) is 15.7. The van der Waals surface area contributed by atoms with Gasteiger partial charge in [-0.1, -0.05) is 6.92 Å². The van der Waals surface area contributed by atoms with E-state index in [-0.39, 0.29) is 11.8 Å². The summed E-state index contributed by atoms with van der Waals surface area (Å²) in [6, 6.07) is 5.43. The van der Waals surface area contributed by atoms with Crippen molar-refractivity contribution in [2.75, 3.05) is 25.1 Å². The Morgan fingerprint density at radius 1 is 1.24 bits per heavy atom. The summed E-state index contributed by atoms with van der Waals surface area (Å²) >= 11 is 0.